The van der Waals surface area contributed by atoms with Gasteiger partial charge in [0.05, 0.1) is 12.2 Å². The molecule has 0 radical (unpaired) electrons. The minimum atomic E-state index is -0.911. The number of aromatic carboxylic acids is 1. The van der Waals surface area contributed by atoms with Crippen molar-refractivity contribution in [2.45, 2.75) is 44.9 Å². The average Bonchev–Trinajstić information content (AvgIpc) is 2.46. The maximum atomic E-state index is 10.7. The van der Waals surface area contributed by atoms with E-state index in [2.05, 4.69) is 0 Å². The zero-order valence-electron chi connectivity index (χ0n) is 11.8. The van der Waals surface area contributed by atoms with Crippen LogP contribution in [0.15, 0.2) is 24.3 Å². The van der Waals surface area contributed by atoms with Gasteiger partial charge in [0.1, 0.15) is 5.75 Å². The van der Waals surface area contributed by atoms with Crippen LogP contribution in [0.2, 0.25) is 0 Å². The van der Waals surface area contributed by atoms with Gasteiger partial charge < -0.3 is 9.84 Å². The lowest BCUT2D eigenvalue weighted by atomic mass is 10.1. The highest BCUT2D eigenvalue weighted by atomic mass is 35.5. The van der Waals surface area contributed by atoms with Crippen LogP contribution in [0.25, 0.3) is 0 Å². The van der Waals surface area contributed by atoms with Gasteiger partial charge in [0.15, 0.2) is 0 Å². The Morgan fingerprint density at radius 1 is 0.950 bits per heavy atom. The second-order valence-electron chi connectivity index (χ2n) is 4.84. The molecule has 0 aromatic heterocycles. The molecule has 0 unspecified atom stereocenters. The molecule has 0 aliphatic carbocycles. The van der Waals surface area contributed by atoms with E-state index in [1.165, 1.54) is 32.1 Å². The predicted molar refractivity (Wildman–Crippen MR) is 81.9 cm³/mol. The number of carbonyl (C=O) groups is 1. The zero-order valence-corrected chi connectivity index (χ0v) is 12.6. The summed E-state index contributed by atoms with van der Waals surface area (Å²) in [6.07, 6.45) is 8.34. The van der Waals surface area contributed by atoms with Gasteiger partial charge in [-0.15, -0.1) is 11.6 Å². The summed E-state index contributed by atoms with van der Waals surface area (Å²) in [4.78, 5) is 10.7. The summed E-state index contributed by atoms with van der Waals surface area (Å²) in [7, 11) is 0. The maximum Gasteiger partial charge on any atom is 0.335 e. The molecule has 0 spiro atoms. The number of carboxylic acids is 1. The van der Waals surface area contributed by atoms with Crippen LogP contribution in [-0.2, 0) is 0 Å². The van der Waals surface area contributed by atoms with Crippen LogP contribution in [0.3, 0.4) is 0 Å². The summed E-state index contributed by atoms with van der Waals surface area (Å²) >= 11 is 5.62. The maximum absolute atomic E-state index is 10.7. The number of unbranched alkanes of at least 4 members (excludes halogenated alkanes) is 6. The van der Waals surface area contributed by atoms with Crippen molar-refractivity contribution >= 4 is 17.6 Å². The Morgan fingerprint density at radius 3 is 2.05 bits per heavy atom. The van der Waals surface area contributed by atoms with Gasteiger partial charge in [-0.05, 0) is 37.1 Å². The van der Waals surface area contributed by atoms with E-state index in [0.717, 1.165) is 24.5 Å². The first-order chi connectivity index (χ1) is 9.74. The van der Waals surface area contributed by atoms with Crippen molar-refractivity contribution in [1.82, 2.24) is 0 Å². The topological polar surface area (TPSA) is 46.5 Å². The van der Waals surface area contributed by atoms with E-state index in [9.17, 15) is 4.79 Å². The number of hydrogen-bond acceptors (Lipinski definition) is 2. The molecular formula is C16H23ClO3. The standard InChI is InChI=1S/C16H23ClO3/c17-12-6-4-2-1-3-5-7-13-20-15-10-8-14(9-11-15)16(18)19/h8-11H,1-7,12-13H2,(H,18,19). The van der Waals surface area contributed by atoms with Gasteiger partial charge in [0.2, 0.25) is 0 Å². The van der Waals surface area contributed by atoms with Gasteiger partial charge in [-0.2, -0.15) is 0 Å². The molecule has 1 aromatic rings. The van der Waals surface area contributed by atoms with Crippen molar-refractivity contribution in [2.24, 2.45) is 0 Å². The van der Waals surface area contributed by atoms with Crippen LogP contribution in [0.1, 0.15) is 55.3 Å². The Bertz CT molecular complexity index is 376. The van der Waals surface area contributed by atoms with Crippen molar-refractivity contribution < 1.29 is 14.6 Å². The van der Waals surface area contributed by atoms with E-state index in [-0.39, 0.29) is 5.56 Å². The third-order valence-electron chi connectivity index (χ3n) is 3.15. The fraction of sp³-hybridized carbons (Fsp3) is 0.562. The molecule has 0 heterocycles. The van der Waals surface area contributed by atoms with Crippen LogP contribution >= 0.6 is 11.6 Å². The normalized spacial score (nSPS) is 10.4. The summed E-state index contributed by atoms with van der Waals surface area (Å²) in [6, 6.07) is 6.54. The molecule has 1 rings (SSSR count). The van der Waals surface area contributed by atoms with Gasteiger partial charge in [-0.3, -0.25) is 0 Å². The lowest BCUT2D eigenvalue weighted by Gasteiger charge is -2.06. The molecule has 0 aliphatic rings. The summed E-state index contributed by atoms with van der Waals surface area (Å²) in [5.41, 5.74) is 0.286. The Morgan fingerprint density at radius 2 is 1.50 bits per heavy atom. The van der Waals surface area contributed by atoms with Crippen molar-refractivity contribution in [3.8, 4) is 5.75 Å². The molecule has 0 saturated carbocycles. The molecule has 20 heavy (non-hydrogen) atoms. The minimum absolute atomic E-state index is 0.286. The molecule has 0 aliphatic heterocycles. The van der Waals surface area contributed by atoms with Crippen molar-refractivity contribution in [3.63, 3.8) is 0 Å². The first-order valence-electron chi connectivity index (χ1n) is 7.26. The minimum Gasteiger partial charge on any atom is -0.494 e. The number of ether oxygens (including phenoxy) is 1. The second-order valence-corrected chi connectivity index (χ2v) is 5.22. The van der Waals surface area contributed by atoms with E-state index in [0.29, 0.717) is 6.61 Å². The second kappa shape index (κ2) is 10.6. The SMILES string of the molecule is O=C(O)c1ccc(OCCCCCCCCCCl)cc1. The third-order valence-corrected chi connectivity index (χ3v) is 3.42. The van der Waals surface area contributed by atoms with Crippen LogP contribution in [0, 0.1) is 0 Å². The van der Waals surface area contributed by atoms with Gasteiger partial charge in [-0.25, -0.2) is 4.79 Å². The van der Waals surface area contributed by atoms with E-state index in [4.69, 9.17) is 21.4 Å². The van der Waals surface area contributed by atoms with Crippen molar-refractivity contribution in [2.75, 3.05) is 12.5 Å². The Kier molecular flexibility index (Phi) is 8.88. The highest BCUT2D eigenvalue weighted by Crippen LogP contribution is 2.13. The summed E-state index contributed by atoms with van der Waals surface area (Å²) in [6.45, 7) is 0.689. The molecule has 4 heteroatoms. The molecule has 0 amide bonds. The highest BCUT2D eigenvalue weighted by Gasteiger charge is 2.01. The van der Waals surface area contributed by atoms with Crippen molar-refractivity contribution in [3.05, 3.63) is 29.8 Å². The molecule has 112 valence electrons. The molecule has 3 nitrogen and oxygen atoms in total. The van der Waals surface area contributed by atoms with Crippen LogP contribution in [-0.4, -0.2) is 23.6 Å². The molecule has 0 fully saturated rings. The monoisotopic (exact) mass is 298 g/mol. The summed E-state index contributed by atoms with van der Waals surface area (Å²) < 4.78 is 5.58. The highest BCUT2D eigenvalue weighted by molar-refractivity contribution is 6.17. The van der Waals surface area contributed by atoms with E-state index >= 15 is 0 Å². The lowest BCUT2D eigenvalue weighted by molar-refractivity contribution is 0.0697. The zero-order chi connectivity index (χ0) is 14.6. The number of benzene rings is 1. The lowest BCUT2D eigenvalue weighted by Crippen LogP contribution is -1.99. The van der Waals surface area contributed by atoms with Gasteiger partial charge in [-0.1, -0.05) is 32.1 Å². The van der Waals surface area contributed by atoms with Crippen LogP contribution in [0.5, 0.6) is 5.75 Å². The van der Waals surface area contributed by atoms with Crippen LogP contribution < -0.4 is 4.74 Å². The van der Waals surface area contributed by atoms with E-state index in [1.54, 1.807) is 24.3 Å². The molecular weight excluding hydrogens is 276 g/mol. The quantitative estimate of drug-likeness (QED) is 0.474. The first kappa shape index (κ1) is 16.8. The van der Waals surface area contributed by atoms with E-state index in [1.807, 2.05) is 0 Å². The third kappa shape index (κ3) is 7.39. The van der Waals surface area contributed by atoms with E-state index < -0.39 is 5.97 Å². The van der Waals surface area contributed by atoms with Gasteiger partial charge in [0, 0.05) is 5.88 Å². The largest absolute Gasteiger partial charge is 0.494 e. The number of carboxylic acid groups (broad SMARTS) is 1. The van der Waals surface area contributed by atoms with Crippen molar-refractivity contribution in [1.29, 1.82) is 0 Å². The number of halogens is 1. The Balaban J connectivity index is 2.02. The Hall–Kier alpha value is -1.22. The molecule has 0 saturated heterocycles. The fourth-order valence-corrected chi connectivity index (χ4v) is 2.15. The smallest absolute Gasteiger partial charge is 0.335 e. The molecule has 1 N–H and O–H groups in total. The average molecular weight is 299 g/mol. The summed E-state index contributed by atoms with van der Waals surface area (Å²) in [5.74, 6) is 0.594. The van der Waals surface area contributed by atoms with Gasteiger partial charge >= 0.3 is 5.97 Å². The van der Waals surface area contributed by atoms with Gasteiger partial charge in [0.25, 0.3) is 0 Å². The number of hydrogen-bond donors (Lipinski definition) is 1. The number of rotatable bonds is 11. The molecule has 1 aromatic carbocycles. The fourth-order valence-electron chi connectivity index (χ4n) is 1.96. The van der Waals surface area contributed by atoms with Crippen LogP contribution in [0.4, 0.5) is 0 Å². The molecule has 0 atom stereocenters. The Labute approximate surface area is 125 Å². The first-order valence-corrected chi connectivity index (χ1v) is 7.79. The summed E-state index contributed by atoms with van der Waals surface area (Å²) in [5, 5.41) is 8.78. The number of alkyl halides is 1. The molecule has 0 bridgehead atoms. The predicted octanol–water partition coefficient (Wildman–Crippen LogP) is 4.73.